The first-order valence-corrected chi connectivity index (χ1v) is 6.59. The molecule has 0 spiro atoms. The molecule has 1 aromatic rings. The first-order valence-electron chi connectivity index (χ1n) is 6.59. The molecule has 5 heteroatoms. The average Bonchev–Trinajstić information content (AvgIpc) is 2.53. The van der Waals surface area contributed by atoms with E-state index in [-0.39, 0.29) is 11.7 Å². The summed E-state index contributed by atoms with van der Waals surface area (Å²) in [6.45, 7) is 0. The molecule has 0 unspecified atom stereocenters. The molecule has 0 bridgehead atoms. The molecule has 2 rings (SSSR count). The largest absolute Gasteiger partial charge is 0.480 e. The average molecular weight is 298 g/mol. The van der Waals surface area contributed by atoms with Gasteiger partial charge in [-0.2, -0.15) is 0 Å². The molecule has 112 valence electrons. The lowest BCUT2D eigenvalue weighted by Crippen LogP contribution is -2.36. The van der Waals surface area contributed by atoms with E-state index in [1.807, 2.05) is 6.07 Å². The standard InChI is InChI=1S/C17H14O5/c18-14(13-4-2-1-3-5-13)7-6-12-8-10-17(11-9-12,15(19)20)16(21)22/h1-12H,(H,19,20)(H,21,22)/b7-6+. The summed E-state index contributed by atoms with van der Waals surface area (Å²) in [5.74, 6) is -3.39. The van der Waals surface area contributed by atoms with Crippen LogP contribution in [0.25, 0.3) is 0 Å². The molecule has 1 aliphatic carbocycles. The Hall–Kier alpha value is -2.95. The maximum atomic E-state index is 11.9. The molecule has 0 saturated carbocycles. The highest BCUT2D eigenvalue weighted by atomic mass is 16.4. The normalized spacial score (nSPS) is 16.7. The Kier molecular flexibility index (Phi) is 4.36. The van der Waals surface area contributed by atoms with E-state index in [1.165, 1.54) is 18.2 Å². The van der Waals surface area contributed by atoms with Gasteiger partial charge in [-0.3, -0.25) is 14.4 Å². The number of carboxylic acids is 2. The Labute approximate surface area is 126 Å². The molecule has 22 heavy (non-hydrogen) atoms. The Bertz CT molecular complexity index is 652. The topological polar surface area (TPSA) is 91.7 Å². The van der Waals surface area contributed by atoms with E-state index in [0.29, 0.717) is 5.56 Å². The van der Waals surface area contributed by atoms with Gasteiger partial charge in [0.2, 0.25) is 5.41 Å². The van der Waals surface area contributed by atoms with Crippen LogP contribution in [0, 0.1) is 11.3 Å². The summed E-state index contributed by atoms with van der Waals surface area (Å²) < 4.78 is 0. The third-order valence-electron chi connectivity index (χ3n) is 3.40. The van der Waals surface area contributed by atoms with Crippen molar-refractivity contribution in [3.8, 4) is 0 Å². The number of carboxylic acid groups (broad SMARTS) is 2. The van der Waals surface area contributed by atoms with Crippen LogP contribution in [-0.2, 0) is 9.59 Å². The number of rotatable bonds is 5. The van der Waals surface area contributed by atoms with Crippen LogP contribution < -0.4 is 0 Å². The number of carbonyl (C=O) groups excluding carboxylic acids is 1. The van der Waals surface area contributed by atoms with Crippen molar-refractivity contribution in [2.75, 3.05) is 0 Å². The summed E-state index contributed by atoms with van der Waals surface area (Å²) in [4.78, 5) is 34.1. The highest BCUT2D eigenvalue weighted by Gasteiger charge is 2.43. The van der Waals surface area contributed by atoms with Gasteiger partial charge < -0.3 is 10.2 Å². The van der Waals surface area contributed by atoms with Crippen molar-refractivity contribution in [2.24, 2.45) is 11.3 Å². The number of hydrogen-bond donors (Lipinski definition) is 2. The van der Waals surface area contributed by atoms with Crippen LogP contribution in [0.2, 0.25) is 0 Å². The number of allylic oxidation sites excluding steroid dienone is 4. The second-order valence-corrected chi connectivity index (χ2v) is 4.86. The number of ketones is 1. The predicted octanol–water partition coefficient (Wildman–Crippen LogP) is 2.32. The third-order valence-corrected chi connectivity index (χ3v) is 3.40. The van der Waals surface area contributed by atoms with Gasteiger partial charge in [-0.25, -0.2) is 0 Å². The molecular weight excluding hydrogens is 284 g/mol. The van der Waals surface area contributed by atoms with Gasteiger partial charge in [-0.1, -0.05) is 60.7 Å². The number of carbonyl (C=O) groups is 3. The van der Waals surface area contributed by atoms with Crippen molar-refractivity contribution in [1.82, 2.24) is 0 Å². The van der Waals surface area contributed by atoms with Crippen LogP contribution in [-0.4, -0.2) is 27.9 Å². The van der Waals surface area contributed by atoms with E-state index in [1.54, 1.807) is 30.3 Å². The minimum atomic E-state index is -2.03. The second kappa shape index (κ2) is 6.22. The van der Waals surface area contributed by atoms with Crippen LogP contribution in [0.5, 0.6) is 0 Å². The van der Waals surface area contributed by atoms with Gasteiger partial charge >= 0.3 is 11.9 Å². The van der Waals surface area contributed by atoms with Gasteiger partial charge in [0.05, 0.1) is 0 Å². The molecule has 1 aromatic carbocycles. The summed E-state index contributed by atoms with van der Waals surface area (Å²) in [6.07, 6.45) is 8.15. The molecule has 0 saturated heterocycles. The number of hydrogen-bond acceptors (Lipinski definition) is 3. The minimum Gasteiger partial charge on any atom is -0.480 e. The first kappa shape index (κ1) is 15.4. The summed E-state index contributed by atoms with van der Waals surface area (Å²) in [5.41, 5.74) is -1.48. The van der Waals surface area contributed by atoms with Gasteiger partial charge in [-0.05, 0) is 6.08 Å². The van der Waals surface area contributed by atoms with E-state index in [9.17, 15) is 14.4 Å². The van der Waals surface area contributed by atoms with E-state index in [0.717, 1.165) is 12.2 Å². The lowest BCUT2D eigenvalue weighted by atomic mass is 9.81. The monoisotopic (exact) mass is 298 g/mol. The maximum absolute atomic E-state index is 11.9. The summed E-state index contributed by atoms with van der Waals surface area (Å²) >= 11 is 0. The van der Waals surface area contributed by atoms with Crippen LogP contribution in [0.4, 0.5) is 0 Å². The van der Waals surface area contributed by atoms with Crippen molar-refractivity contribution >= 4 is 17.7 Å². The van der Waals surface area contributed by atoms with Gasteiger partial charge in [0.25, 0.3) is 0 Å². The van der Waals surface area contributed by atoms with Gasteiger partial charge in [0.1, 0.15) is 0 Å². The van der Waals surface area contributed by atoms with Crippen molar-refractivity contribution in [1.29, 1.82) is 0 Å². The van der Waals surface area contributed by atoms with E-state index >= 15 is 0 Å². The molecule has 0 aliphatic heterocycles. The Morgan fingerprint density at radius 1 is 0.955 bits per heavy atom. The zero-order valence-electron chi connectivity index (χ0n) is 11.5. The van der Waals surface area contributed by atoms with Gasteiger partial charge in [0, 0.05) is 11.5 Å². The predicted molar refractivity (Wildman–Crippen MR) is 79.4 cm³/mol. The van der Waals surface area contributed by atoms with Crippen LogP contribution in [0.3, 0.4) is 0 Å². The molecule has 0 fully saturated rings. The lowest BCUT2D eigenvalue weighted by molar-refractivity contribution is -0.157. The Morgan fingerprint density at radius 3 is 2.00 bits per heavy atom. The van der Waals surface area contributed by atoms with E-state index in [2.05, 4.69) is 0 Å². The minimum absolute atomic E-state index is 0.171. The van der Waals surface area contributed by atoms with Crippen LogP contribution >= 0.6 is 0 Å². The smallest absolute Gasteiger partial charge is 0.328 e. The quantitative estimate of drug-likeness (QED) is 0.377. The summed E-state index contributed by atoms with van der Waals surface area (Å²) in [6, 6.07) is 8.72. The van der Waals surface area contributed by atoms with E-state index in [4.69, 9.17) is 10.2 Å². The fraction of sp³-hybridized carbons (Fsp3) is 0.118. The maximum Gasteiger partial charge on any atom is 0.328 e. The van der Waals surface area contributed by atoms with Crippen molar-refractivity contribution in [3.63, 3.8) is 0 Å². The van der Waals surface area contributed by atoms with Gasteiger partial charge in [-0.15, -0.1) is 0 Å². The zero-order chi connectivity index (χ0) is 16.2. The number of benzene rings is 1. The molecule has 5 nitrogen and oxygen atoms in total. The summed E-state index contributed by atoms with van der Waals surface area (Å²) in [7, 11) is 0. The lowest BCUT2D eigenvalue weighted by Gasteiger charge is -2.21. The highest BCUT2D eigenvalue weighted by Crippen LogP contribution is 2.28. The molecule has 2 N–H and O–H groups in total. The van der Waals surface area contributed by atoms with Crippen molar-refractivity contribution in [2.45, 2.75) is 0 Å². The molecular formula is C17H14O5. The number of aliphatic carboxylic acids is 2. The first-order chi connectivity index (χ1) is 10.5. The zero-order valence-corrected chi connectivity index (χ0v) is 11.5. The van der Waals surface area contributed by atoms with Crippen LogP contribution in [0.15, 0.2) is 66.8 Å². The molecule has 1 aliphatic rings. The molecule has 0 atom stereocenters. The molecule has 0 radical (unpaired) electrons. The van der Waals surface area contributed by atoms with Gasteiger partial charge in [0.15, 0.2) is 5.78 Å². The molecule has 0 amide bonds. The van der Waals surface area contributed by atoms with Crippen molar-refractivity contribution in [3.05, 3.63) is 72.4 Å². The summed E-state index contributed by atoms with van der Waals surface area (Å²) in [5, 5.41) is 18.1. The molecule has 0 heterocycles. The fourth-order valence-electron chi connectivity index (χ4n) is 2.05. The Morgan fingerprint density at radius 2 is 1.50 bits per heavy atom. The van der Waals surface area contributed by atoms with Crippen LogP contribution in [0.1, 0.15) is 10.4 Å². The van der Waals surface area contributed by atoms with E-state index < -0.39 is 17.4 Å². The fourth-order valence-corrected chi connectivity index (χ4v) is 2.05. The third kappa shape index (κ3) is 3.03. The highest BCUT2D eigenvalue weighted by molar-refractivity contribution is 6.05. The molecule has 0 aromatic heterocycles. The SMILES string of the molecule is O=C(/C=C/C1C=CC(C(=O)O)(C(=O)O)C=C1)c1ccccc1. The second-order valence-electron chi connectivity index (χ2n) is 4.86. The Balaban J connectivity index is 2.10. The van der Waals surface area contributed by atoms with Crippen molar-refractivity contribution < 1.29 is 24.6 Å².